The molecule has 0 aliphatic rings. The molecule has 166 valence electrons. The molecule has 4 aromatic rings. The first-order chi connectivity index (χ1) is 15.9. The monoisotopic (exact) mass is 440 g/mol. The molecular weight excluding hydrogens is 416 g/mol. The van der Waals surface area contributed by atoms with E-state index in [1.807, 2.05) is 48.9 Å². The summed E-state index contributed by atoms with van der Waals surface area (Å²) in [6.07, 6.45) is 0. The molecule has 0 unspecified atom stereocenters. The number of aromatic nitrogens is 2. The first kappa shape index (κ1) is 21.8. The van der Waals surface area contributed by atoms with E-state index >= 15 is 0 Å². The van der Waals surface area contributed by atoms with Gasteiger partial charge in [-0.25, -0.2) is 4.68 Å². The molecule has 1 aromatic heterocycles. The van der Waals surface area contributed by atoms with Crippen LogP contribution in [0.1, 0.15) is 37.7 Å². The number of carbonyl (C=O) groups excluding carboxylic acids is 2. The summed E-state index contributed by atoms with van der Waals surface area (Å²) in [6.45, 7) is 4.32. The van der Waals surface area contributed by atoms with Crippen molar-refractivity contribution in [3.05, 3.63) is 107 Å². The lowest BCUT2D eigenvalue weighted by Gasteiger charge is -2.09. The Morgan fingerprint density at radius 2 is 1.45 bits per heavy atom. The van der Waals surface area contributed by atoms with Crippen molar-refractivity contribution in [3.63, 3.8) is 0 Å². The van der Waals surface area contributed by atoms with Crippen LogP contribution in [0.2, 0.25) is 0 Å². The zero-order valence-electron chi connectivity index (χ0n) is 18.4. The summed E-state index contributed by atoms with van der Waals surface area (Å²) in [5, 5.41) is 7.59. The Morgan fingerprint density at radius 3 is 2.03 bits per heavy atom. The van der Waals surface area contributed by atoms with Crippen molar-refractivity contribution < 1.29 is 14.3 Å². The average Bonchev–Trinajstić information content (AvgIpc) is 3.12. The summed E-state index contributed by atoms with van der Waals surface area (Å²) >= 11 is 0. The molecule has 2 amide bonds. The van der Waals surface area contributed by atoms with Crippen LogP contribution in [0, 0.1) is 13.8 Å². The maximum absolute atomic E-state index is 12.7. The normalized spacial score (nSPS) is 10.6. The number of rotatable bonds is 7. The number of nitrogens with two attached hydrogens (primary N) is 1. The standard InChI is InChI=1S/C26H24N4O3/c1-17-24(18(2)30(29-17)21-6-4-3-5-7-21)16-28-26(32)20-10-14-23(15-11-20)33-22-12-8-19(9-13-22)25(27)31/h3-15H,16H2,1-2H3,(H2,27,31)(H,28,32). The highest BCUT2D eigenvalue weighted by Crippen LogP contribution is 2.22. The molecule has 3 N–H and O–H groups in total. The van der Waals surface area contributed by atoms with E-state index in [9.17, 15) is 9.59 Å². The van der Waals surface area contributed by atoms with Crippen molar-refractivity contribution in [3.8, 4) is 17.2 Å². The van der Waals surface area contributed by atoms with Crippen molar-refractivity contribution in [2.75, 3.05) is 0 Å². The van der Waals surface area contributed by atoms with E-state index in [0.717, 1.165) is 22.6 Å². The molecule has 7 nitrogen and oxygen atoms in total. The second-order valence-electron chi connectivity index (χ2n) is 7.59. The van der Waals surface area contributed by atoms with Crippen molar-refractivity contribution in [1.82, 2.24) is 15.1 Å². The van der Waals surface area contributed by atoms with Gasteiger partial charge in [0, 0.05) is 28.9 Å². The number of hydrogen-bond donors (Lipinski definition) is 2. The Kier molecular flexibility index (Phi) is 6.22. The van der Waals surface area contributed by atoms with Gasteiger partial charge in [0.05, 0.1) is 11.4 Å². The van der Waals surface area contributed by atoms with Gasteiger partial charge in [0.2, 0.25) is 5.91 Å². The Balaban J connectivity index is 1.39. The van der Waals surface area contributed by atoms with Gasteiger partial charge in [-0.3, -0.25) is 9.59 Å². The molecule has 0 bridgehead atoms. The topological polar surface area (TPSA) is 99.2 Å². The van der Waals surface area contributed by atoms with E-state index in [4.69, 9.17) is 10.5 Å². The van der Waals surface area contributed by atoms with E-state index in [-0.39, 0.29) is 5.91 Å². The van der Waals surface area contributed by atoms with E-state index in [2.05, 4.69) is 10.4 Å². The summed E-state index contributed by atoms with van der Waals surface area (Å²) < 4.78 is 7.65. The number of aryl methyl sites for hydroxylation is 1. The molecule has 3 aromatic carbocycles. The van der Waals surface area contributed by atoms with Crippen molar-refractivity contribution in [2.45, 2.75) is 20.4 Å². The summed E-state index contributed by atoms with van der Waals surface area (Å²) in [5.74, 6) is 0.473. The van der Waals surface area contributed by atoms with Gasteiger partial charge in [-0.1, -0.05) is 18.2 Å². The van der Waals surface area contributed by atoms with Gasteiger partial charge >= 0.3 is 0 Å². The Morgan fingerprint density at radius 1 is 0.879 bits per heavy atom. The van der Waals surface area contributed by atoms with Gasteiger partial charge in [-0.2, -0.15) is 5.10 Å². The van der Waals surface area contributed by atoms with Crippen LogP contribution < -0.4 is 15.8 Å². The first-order valence-corrected chi connectivity index (χ1v) is 10.5. The van der Waals surface area contributed by atoms with E-state index in [0.29, 0.717) is 29.2 Å². The van der Waals surface area contributed by atoms with E-state index in [1.54, 1.807) is 48.5 Å². The number of para-hydroxylation sites is 1. The lowest BCUT2D eigenvalue weighted by atomic mass is 10.1. The van der Waals surface area contributed by atoms with Gasteiger partial charge in [-0.05, 0) is 74.5 Å². The van der Waals surface area contributed by atoms with Crippen LogP contribution >= 0.6 is 0 Å². The molecule has 4 rings (SSSR count). The lowest BCUT2D eigenvalue weighted by Crippen LogP contribution is -2.23. The number of carbonyl (C=O) groups is 2. The van der Waals surface area contributed by atoms with Crippen molar-refractivity contribution in [2.24, 2.45) is 5.73 Å². The van der Waals surface area contributed by atoms with Crippen molar-refractivity contribution >= 4 is 11.8 Å². The van der Waals surface area contributed by atoms with E-state index < -0.39 is 5.91 Å². The predicted molar refractivity (Wildman–Crippen MR) is 126 cm³/mol. The maximum Gasteiger partial charge on any atom is 0.251 e. The molecule has 33 heavy (non-hydrogen) atoms. The second kappa shape index (κ2) is 9.40. The highest BCUT2D eigenvalue weighted by molar-refractivity contribution is 5.94. The van der Waals surface area contributed by atoms with Crippen LogP contribution in [-0.2, 0) is 6.54 Å². The summed E-state index contributed by atoms with van der Waals surface area (Å²) in [6, 6.07) is 23.3. The number of benzene rings is 3. The zero-order valence-corrected chi connectivity index (χ0v) is 18.4. The molecular formula is C26H24N4O3. The third-order valence-electron chi connectivity index (χ3n) is 5.36. The second-order valence-corrected chi connectivity index (χ2v) is 7.59. The largest absolute Gasteiger partial charge is 0.457 e. The maximum atomic E-state index is 12.7. The summed E-state index contributed by atoms with van der Waals surface area (Å²) in [7, 11) is 0. The number of hydrogen-bond acceptors (Lipinski definition) is 4. The first-order valence-electron chi connectivity index (χ1n) is 10.5. The SMILES string of the molecule is Cc1nn(-c2ccccc2)c(C)c1CNC(=O)c1ccc(Oc2ccc(C(N)=O)cc2)cc1. The van der Waals surface area contributed by atoms with Crippen LogP contribution in [0.4, 0.5) is 0 Å². The highest BCUT2D eigenvalue weighted by Gasteiger charge is 2.14. The molecule has 0 saturated carbocycles. The number of primary amides is 1. The third kappa shape index (κ3) is 4.93. The fourth-order valence-electron chi connectivity index (χ4n) is 3.52. The van der Waals surface area contributed by atoms with Crippen LogP contribution in [0.5, 0.6) is 11.5 Å². The molecule has 7 heteroatoms. The number of amides is 2. The molecule has 0 saturated heterocycles. The minimum Gasteiger partial charge on any atom is -0.457 e. The lowest BCUT2D eigenvalue weighted by molar-refractivity contribution is 0.0949. The summed E-state index contributed by atoms with van der Waals surface area (Å²) in [4.78, 5) is 23.8. The fourth-order valence-corrected chi connectivity index (χ4v) is 3.52. The smallest absolute Gasteiger partial charge is 0.251 e. The predicted octanol–water partition coefficient (Wildman–Crippen LogP) is 4.31. The Bertz CT molecular complexity index is 1280. The van der Waals surface area contributed by atoms with Gasteiger partial charge in [0.25, 0.3) is 5.91 Å². The Labute approximate surface area is 191 Å². The fraction of sp³-hybridized carbons (Fsp3) is 0.115. The molecule has 0 atom stereocenters. The average molecular weight is 441 g/mol. The molecule has 0 aliphatic heterocycles. The Hall–Kier alpha value is -4.39. The number of nitrogens with zero attached hydrogens (tertiary/aromatic N) is 2. The third-order valence-corrected chi connectivity index (χ3v) is 5.36. The van der Waals surface area contributed by atoms with Gasteiger partial charge in [0.15, 0.2) is 0 Å². The van der Waals surface area contributed by atoms with Crippen LogP contribution in [0.15, 0.2) is 78.9 Å². The zero-order chi connectivity index (χ0) is 23.4. The molecule has 1 heterocycles. The number of nitrogens with one attached hydrogen (secondary N) is 1. The highest BCUT2D eigenvalue weighted by atomic mass is 16.5. The van der Waals surface area contributed by atoms with Gasteiger partial charge < -0.3 is 15.8 Å². The minimum atomic E-state index is -0.491. The molecule has 0 aliphatic carbocycles. The van der Waals surface area contributed by atoms with Crippen LogP contribution in [-0.4, -0.2) is 21.6 Å². The van der Waals surface area contributed by atoms with E-state index in [1.165, 1.54) is 0 Å². The van der Waals surface area contributed by atoms with Crippen LogP contribution in [0.25, 0.3) is 5.69 Å². The van der Waals surface area contributed by atoms with Gasteiger partial charge in [-0.15, -0.1) is 0 Å². The van der Waals surface area contributed by atoms with Crippen molar-refractivity contribution in [1.29, 1.82) is 0 Å². The minimum absolute atomic E-state index is 0.182. The quantitative estimate of drug-likeness (QED) is 0.447. The molecule has 0 radical (unpaired) electrons. The van der Waals surface area contributed by atoms with Gasteiger partial charge in [0.1, 0.15) is 11.5 Å². The number of ether oxygens (including phenoxy) is 1. The molecule has 0 spiro atoms. The molecule has 0 fully saturated rings. The van der Waals surface area contributed by atoms with Crippen LogP contribution in [0.3, 0.4) is 0 Å². The summed E-state index contributed by atoms with van der Waals surface area (Å²) in [5.41, 5.74) is 10.0.